The maximum absolute atomic E-state index is 13.1. The van der Waals surface area contributed by atoms with Crippen molar-refractivity contribution < 1.29 is 18.3 Å². The second-order valence-corrected chi connectivity index (χ2v) is 12.0. The maximum Gasteiger partial charge on any atom is 0.335 e. The molecule has 0 saturated heterocycles. The van der Waals surface area contributed by atoms with Crippen LogP contribution in [0.25, 0.3) is 11.3 Å². The smallest absolute Gasteiger partial charge is 0.335 e. The van der Waals surface area contributed by atoms with Crippen LogP contribution < -0.4 is 10.5 Å². The Kier molecular flexibility index (Phi) is 8.15. The van der Waals surface area contributed by atoms with Crippen molar-refractivity contribution in [3.8, 4) is 11.3 Å². The molecule has 0 aliphatic heterocycles. The maximum atomic E-state index is 13.1. The van der Waals surface area contributed by atoms with Gasteiger partial charge in [0.1, 0.15) is 0 Å². The van der Waals surface area contributed by atoms with E-state index in [2.05, 4.69) is 35.5 Å². The van der Waals surface area contributed by atoms with E-state index in [4.69, 9.17) is 5.73 Å². The second kappa shape index (κ2) is 10.8. The molecule has 9 heteroatoms. The van der Waals surface area contributed by atoms with Gasteiger partial charge in [0.05, 0.1) is 16.2 Å². The fourth-order valence-electron chi connectivity index (χ4n) is 4.22. The van der Waals surface area contributed by atoms with Gasteiger partial charge in [-0.1, -0.05) is 45.0 Å². The van der Waals surface area contributed by atoms with Gasteiger partial charge in [0.25, 0.3) is 10.0 Å². The number of hydrogen-bond donors (Lipinski definition) is 3. The first kappa shape index (κ1) is 27.3. The number of hydrogen-bond acceptors (Lipinski definition) is 6. The van der Waals surface area contributed by atoms with E-state index in [-0.39, 0.29) is 27.9 Å². The van der Waals surface area contributed by atoms with Gasteiger partial charge in [0, 0.05) is 17.3 Å². The van der Waals surface area contributed by atoms with Gasteiger partial charge < -0.3 is 10.8 Å². The van der Waals surface area contributed by atoms with Crippen LogP contribution in [0.3, 0.4) is 0 Å². The first-order valence-electron chi connectivity index (χ1n) is 11.8. The molecule has 0 aliphatic carbocycles. The van der Waals surface area contributed by atoms with E-state index in [0.29, 0.717) is 24.2 Å². The molecule has 0 spiro atoms. The Morgan fingerprint density at radius 2 is 1.69 bits per heavy atom. The highest BCUT2D eigenvalue weighted by Crippen LogP contribution is 2.28. The molecule has 36 heavy (non-hydrogen) atoms. The summed E-state index contributed by atoms with van der Waals surface area (Å²) in [6, 6.07) is 12.9. The topological polar surface area (TPSA) is 135 Å². The Labute approximate surface area is 213 Å². The van der Waals surface area contributed by atoms with Crippen LogP contribution in [0, 0.1) is 19.3 Å². The average molecular weight is 511 g/mol. The number of nitrogens with two attached hydrogens (primary N) is 1. The molecular formula is C27H34N4O4S. The van der Waals surface area contributed by atoms with Crippen molar-refractivity contribution in [1.82, 2.24) is 9.97 Å². The average Bonchev–Trinajstić information content (AvgIpc) is 2.76. The van der Waals surface area contributed by atoms with E-state index in [1.165, 1.54) is 18.2 Å². The summed E-state index contributed by atoms with van der Waals surface area (Å²) in [5.41, 5.74) is 10.5. The summed E-state index contributed by atoms with van der Waals surface area (Å²) in [6.45, 7) is 10.4. The zero-order chi connectivity index (χ0) is 26.7. The molecule has 0 saturated carbocycles. The number of sulfonamides is 1. The van der Waals surface area contributed by atoms with Crippen LogP contribution in [-0.4, -0.2) is 35.5 Å². The van der Waals surface area contributed by atoms with Gasteiger partial charge in [-0.3, -0.25) is 0 Å². The molecule has 192 valence electrons. The van der Waals surface area contributed by atoms with Crippen LogP contribution in [0.5, 0.6) is 0 Å². The van der Waals surface area contributed by atoms with Crippen molar-refractivity contribution in [2.24, 2.45) is 11.1 Å². The Morgan fingerprint density at radius 1 is 1.06 bits per heavy atom. The fourth-order valence-corrected chi connectivity index (χ4v) is 5.20. The van der Waals surface area contributed by atoms with Crippen molar-refractivity contribution in [1.29, 1.82) is 0 Å². The summed E-state index contributed by atoms with van der Waals surface area (Å²) < 4.78 is 28.6. The predicted octanol–water partition coefficient (Wildman–Crippen LogP) is 4.96. The largest absolute Gasteiger partial charge is 0.478 e. The van der Waals surface area contributed by atoms with E-state index in [1.807, 2.05) is 38.1 Å². The molecule has 0 unspecified atom stereocenters. The third-order valence-corrected chi connectivity index (χ3v) is 7.11. The molecule has 2 aromatic carbocycles. The standard InChI is InChI=1S/C27H34N4O4S/c1-17-8-6-9-18(2)24(17)23-15-21(13-12-20(28)16-27(3,4)5)29-26(30-23)31-36(34,35)22-11-7-10-19(14-22)25(32)33/h6-11,14-15,20H,12-13,16,28H2,1-5H3,(H,32,33)(H,29,30,31)/t20-/m0/s1. The third kappa shape index (κ3) is 7.11. The van der Waals surface area contributed by atoms with E-state index >= 15 is 0 Å². The molecule has 3 aromatic rings. The lowest BCUT2D eigenvalue weighted by atomic mass is 9.87. The first-order valence-corrected chi connectivity index (χ1v) is 13.3. The molecule has 1 atom stereocenters. The van der Waals surface area contributed by atoms with Gasteiger partial charge in [-0.15, -0.1) is 0 Å². The molecule has 1 heterocycles. The molecule has 4 N–H and O–H groups in total. The molecule has 3 rings (SSSR count). The van der Waals surface area contributed by atoms with Gasteiger partial charge in [-0.05, 0) is 73.9 Å². The van der Waals surface area contributed by atoms with Crippen LogP contribution in [0.15, 0.2) is 53.4 Å². The minimum Gasteiger partial charge on any atom is -0.478 e. The molecule has 0 bridgehead atoms. The number of rotatable bonds is 9. The molecular weight excluding hydrogens is 476 g/mol. The van der Waals surface area contributed by atoms with E-state index in [9.17, 15) is 18.3 Å². The quantitative estimate of drug-likeness (QED) is 0.370. The highest BCUT2D eigenvalue weighted by atomic mass is 32.2. The lowest BCUT2D eigenvalue weighted by Gasteiger charge is -2.23. The predicted molar refractivity (Wildman–Crippen MR) is 142 cm³/mol. The van der Waals surface area contributed by atoms with Crippen molar-refractivity contribution in [3.05, 3.63) is 70.9 Å². The fraction of sp³-hybridized carbons (Fsp3) is 0.370. The van der Waals surface area contributed by atoms with Gasteiger partial charge in [-0.2, -0.15) is 0 Å². The number of anilines is 1. The normalized spacial score (nSPS) is 12.8. The second-order valence-electron chi connectivity index (χ2n) is 10.3. The number of aryl methyl sites for hydroxylation is 3. The Balaban J connectivity index is 2.00. The van der Waals surface area contributed by atoms with Crippen molar-refractivity contribution in [2.45, 2.75) is 64.8 Å². The minimum atomic E-state index is -4.12. The number of aromatic nitrogens is 2. The highest BCUT2D eigenvalue weighted by molar-refractivity contribution is 7.92. The van der Waals surface area contributed by atoms with Crippen LogP contribution >= 0.6 is 0 Å². The molecule has 8 nitrogen and oxygen atoms in total. The molecule has 0 amide bonds. The lowest BCUT2D eigenvalue weighted by molar-refractivity contribution is 0.0696. The highest BCUT2D eigenvalue weighted by Gasteiger charge is 2.21. The SMILES string of the molecule is Cc1cccc(C)c1-c1cc(CC[C@H](N)CC(C)(C)C)nc(NS(=O)(=O)c2cccc(C(=O)O)c2)n1. The van der Waals surface area contributed by atoms with Gasteiger partial charge in [-0.25, -0.2) is 27.9 Å². The molecule has 0 fully saturated rings. The summed E-state index contributed by atoms with van der Waals surface area (Å²) >= 11 is 0. The number of carboxylic acid groups (broad SMARTS) is 1. The van der Waals surface area contributed by atoms with E-state index < -0.39 is 16.0 Å². The number of carbonyl (C=O) groups is 1. The van der Waals surface area contributed by atoms with E-state index in [0.717, 1.165) is 29.2 Å². The van der Waals surface area contributed by atoms with Crippen LogP contribution in [0.2, 0.25) is 0 Å². The van der Waals surface area contributed by atoms with Gasteiger partial charge in [0.15, 0.2) is 0 Å². The van der Waals surface area contributed by atoms with Crippen molar-refractivity contribution in [3.63, 3.8) is 0 Å². The zero-order valence-corrected chi connectivity index (χ0v) is 22.2. The van der Waals surface area contributed by atoms with Crippen molar-refractivity contribution >= 4 is 21.9 Å². The summed E-state index contributed by atoms with van der Waals surface area (Å²) in [4.78, 5) is 20.1. The lowest BCUT2D eigenvalue weighted by Crippen LogP contribution is -2.27. The van der Waals surface area contributed by atoms with Crippen LogP contribution in [0.4, 0.5) is 5.95 Å². The monoisotopic (exact) mass is 510 g/mol. The number of nitrogens with zero attached hydrogens (tertiary/aromatic N) is 2. The first-order chi connectivity index (χ1) is 16.7. The number of nitrogens with one attached hydrogen (secondary N) is 1. The van der Waals surface area contributed by atoms with Gasteiger partial charge >= 0.3 is 5.97 Å². The zero-order valence-electron chi connectivity index (χ0n) is 21.4. The van der Waals surface area contributed by atoms with Crippen LogP contribution in [-0.2, 0) is 16.4 Å². The Hall–Kier alpha value is -3.30. The molecule has 0 radical (unpaired) electrons. The number of aromatic carboxylic acids is 1. The van der Waals surface area contributed by atoms with Crippen molar-refractivity contribution in [2.75, 3.05) is 4.72 Å². The number of benzene rings is 2. The molecule has 0 aliphatic rings. The third-order valence-electron chi connectivity index (χ3n) is 5.78. The number of carboxylic acids is 1. The summed E-state index contributed by atoms with van der Waals surface area (Å²) in [5.74, 6) is -1.29. The van der Waals surface area contributed by atoms with Gasteiger partial charge in [0.2, 0.25) is 5.95 Å². The summed E-state index contributed by atoms with van der Waals surface area (Å²) in [5, 5.41) is 9.24. The Bertz CT molecular complexity index is 1340. The minimum absolute atomic E-state index is 0.0255. The van der Waals surface area contributed by atoms with Crippen LogP contribution in [0.1, 0.15) is 60.8 Å². The summed E-state index contributed by atoms with van der Waals surface area (Å²) in [6.07, 6.45) is 2.09. The Morgan fingerprint density at radius 3 is 2.31 bits per heavy atom. The molecule has 1 aromatic heterocycles. The summed E-state index contributed by atoms with van der Waals surface area (Å²) in [7, 11) is -4.12. The van der Waals surface area contributed by atoms with E-state index in [1.54, 1.807) is 0 Å².